The van der Waals surface area contributed by atoms with Crippen molar-refractivity contribution in [1.29, 1.82) is 0 Å². The Balaban J connectivity index is 1.60. The number of hydrogen-bond acceptors (Lipinski definition) is 3. The van der Waals surface area contributed by atoms with Gasteiger partial charge >= 0.3 is 5.97 Å². The highest BCUT2D eigenvalue weighted by Crippen LogP contribution is 2.39. The van der Waals surface area contributed by atoms with Gasteiger partial charge in [-0.05, 0) is 35.4 Å². The smallest absolute Gasteiger partial charge is 0.336 e. The summed E-state index contributed by atoms with van der Waals surface area (Å²) >= 11 is 0. The summed E-state index contributed by atoms with van der Waals surface area (Å²) in [5.74, 6) is 1.25. The lowest BCUT2D eigenvalue weighted by Gasteiger charge is -2.23. The normalized spacial score (nSPS) is 11.8. The summed E-state index contributed by atoms with van der Waals surface area (Å²) in [6.45, 7) is 0.417. The Labute approximate surface area is 151 Å². The maximum absolute atomic E-state index is 11.9. The van der Waals surface area contributed by atoms with E-state index in [0.717, 1.165) is 28.2 Å². The number of carboxylic acid groups (broad SMARTS) is 1. The molecule has 4 nitrogen and oxygen atoms in total. The SMILES string of the molecule is O=C(O)c1c(CCOc2ccccc2)ccc2c1Cc1ccccc1O2. The topological polar surface area (TPSA) is 55.8 Å². The van der Waals surface area contributed by atoms with Gasteiger partial charge < -0.3 is 14.6 Å². The molecular weight excluding hydrogens is 328 g/mol. The van der Waals surface area contributed by atoms with Crippen LogP contribution < -0.4 is 9.47 Å². The third kappa shape index (κ3) is 3.14. The van der Waals surface area contributed by atoms with Crippen molar-refractivity contribution in [1.82, 2.24) is 0 Å². The average Bonchev–Trinajstić information content (AvgIpc) is 2.66. The summed E-state index contributed by atoms with van der Waals surface area (Å²) in [7, 11) is 0. The van der Waals surface area contributed by atoms with E-state index in [1.165, 1.54) is 0 Å². The molecule has 26 heavy (non-hydrogen) atoms. The van der Waals surface area contributed by atoms with Crippen molar-refractivity contribution in [2.45, 2.75) is 12.8 Å². The van der Waals surface area contributed by atoms with Gasteiger partial charge in [-0.25, -0.2) is 4.79 Å². The van der Waals surface area contributed by atoms with Crippen LogP contribution in [0.4, 0.5) is 0 Å². The summed E-state index contributed by atoms with van der Waals surface area (Å²) in [6.07, 6.45) is 1.08. The molecule has 0 aromatic heterocycles. The second-order valence-corrected chi connectivity index (χ2v) is 6.18. The molecule has 0 spiro atoms. The van der Waals surface area contributed by atoms with Gasteiger partial charge in [0.15, 0.2) is 0 Å². The largest absolute Gasteiger partial charge is 0.493 e. The summed E-state index contributed by atoms with van der Waals surface area (Å²) in [5.41, 5.74) is 2.82. The molecule has 0 atom stereocenters. The molecule has 0 aliphatic carbocycles. The number of para-hydroxylation sites is 2. The lowest BCUT2D eigenvalue weighted by molar-refractivity contribution is 0.0694. The first-order valence-corrected chi connectivity index (χ1v) is 8.54. The third-order valence-corrected chi connectivity index (χ3v) is 4.51. The first-order chi connectivity index (χ1) is 12.7. The zero-order valence-corrected chi connectivity index (χ0v) is 14.1. The van der Waals surface area contributed by atoms with Crippen LogP contribution >= 0.6 is 0 Å². The molecular formula is C22H18O4. The Morgan fingerprint density at radius 2 is 1.73 bits per heavy atom. The number of fused-ring (bicyclic) bond motifs is 2. The lowest BCUT2D eigenvalue weighted by atomic mass is 9.91. The molecule has 0 unspecified atom stereocenters. The molecule has 0 fully saturated rings. The fourth-order valence-electron chi connectivity index (χ4n) is 3.28. The van der Waals surface area contributed by atoms with Crippen LogP contribution in [-0.2, 0) is 12.8 Å². The van der Waals surface area contributed by atoms with Crippen molar-refractivity contribution < 1.29 is 19.4 Å². The number of carbonyl (C=O) groups is 1. The van der Waals surface area contributed by atoms with E-state index < -0.39 is 5.97 Å². The molecule has 4 heteroatoms. The number of benzene rings is 3. The van der Waals surface area contributed by atoms with Gasteiger partial charge in [0.1, 0.15) is 17.2 Å². The van der Waals surface area contributed by atoms with E-state index in [1.807, 2.05) is 66.7 Å². The molecule has 3 aromatic rings. The van der Waals surface area contributed by atoms with E-state index >= 15 is 0 Å². The van der Waals surface area contributed by atoms with Crippen LogP contribution in [0.25, 0.3) is 0 Å². The minimum absolute atomic E-state index is 0.327. The summed E-state index contributed by atoms with van der Waals surface area (Å²) in [4.78, 5) is 11.9. The molecule has 3 aromatic carbocycles. The maximum atomic E-state index is 11.9. The van der Waals surface area contributed by atoms with Crippen molar-refractivity contribution in [3.05, 3.63) is 89.0 Å². The number of ether oxygens (including phenoxy) is 2. The summed E-state index contributed by atoms with van der Waals surface area (Å²) in [6, 6.07) is 20.9. The fourth-order valence-corrected chi connectivity index (χ4v) is 3.28. The summed E-state index contributed by atoms with van der Waals surface area (Å²) in [5, 5.41) is 9.79. The van der Waals surface area contributed by atoms with Gasteiger partial charge in [-0.2, -0.15) is 0 Å². The van der Waals surface area contributed by atoms with Crippen LogP contribution in [0.2, 0.25) is 0 Å². The second-order valence-electron chi connectivity index (χ2n) is 6.18. The Morgan fingerprint density at radius 3 is 2.54 bits per heavy atom. The third-order valence-electron chi connectivity index (χ3n) is 4.51. The Morgan fingerprint density at radius 1 is 0.962 bits per heavy atom. The van der Waals surface area contributed by atoms with E-state index in [4.69, 9.17) is 9.47 Å². The Bertz CT molecular complexity index is 948. The van der Waals surface area contributed by atoms with E-state index in [-0.39, 0.29) is 0 Å². The first-order valence-electron chi connectivity index (χ1n) is 8.54. The van der Waals surface area contributed by atoms with E-state index in [0.29, 0.717) is 30.8 Å². The van der Waals surface area contributed by atoms with Crippen LogP contribution in [0.5, 0.6) is 17.2 Å². The number of rotatable bonds is 5. The molecule has 0 amide bonds. The van der Waals surface area contributed by atoms with Crippen LogP contribution in [0, 0.1) is 0 Å². The van der Waals surface area contributed by atoms with E-state index in [2.05, 4.69) is 0 Å². The highest BCUT2D eigenvalue weighted by atomic mass is 16.5. The predicted molar refractivity (Wildman–Crippen MR) is 98.4 cm³/mol. The summed E-state index contributed by atoms with van der Waals surface area (Å²) < 4.78 is 11.6. The Kier molecular flexibility index (Phi) is 4.32. The zero-order valence-electron chi connectivity index (χ0n) is 14.1. The lowest BCUT2D eigenvalue weighted by Crippen LogP contribution is -2.14. The first kappa shape index (κ1) is 16.2. The zero-order chi connectivity index (χ0) is 17.9. The van der Waals surface area contributed by atoms with Crippen molar-refractivity contribution in [2.75, 3.05) is 6.61 Å². The van der Waals surface area contributed by atoms with Crippen molar-refractivity contribution >= 4 is 5.97 Å². The van der Waals surface area contributed by atoms with Gasteiger partial charge in [0.25, 0.3) is 0 Å². The maximum Gasteiger partial charge on any atom is 0.336 e. The van der Waals surface area contributed by atoms with Crippen LogP contribution in [0.3, 0.4) is 0 Å². The van der Waals surface area contributed by atoms with E-state index in [9.17, 15) is 9.90 Å². The van der Waals surface area contributed by atoms with E-state index in [1.54, 1.807) is 0 Å². The monoisotopic (exact) mass is 346 g/mol. The average molecular weight is 346 g/mol. The number of aromatic carboxylic acids is 1. The highest BCUT2D eigenvalue weighted by Gasteiger charge is 2.25. The Hall–Kier alpha value is -3.27. The van der Waals surface area contributed by atoms with Crippen LogP contribution in [0.15, 0.2) is 66.7 Å². The van der Waals surface area contributed by atoms with Gasteiger partial charge in [0.2, 0.25) is 0 Å². The van der Waals surface area contributed by atoms with Crippen molar-refractivity contribution in [3.63, 3.8) is 0 Å². The molecule has 130 valence electrons. The molecule has 1 aliphatic rings. The molecule has 0 saturated heterocycles. The standard InChI is InChI=1S/C22H18O4/c23-22(24)21-15(12-13-25-17-7-2-1-3-8-17)10-11-20-18(21)14-16-6-4-5-9-19(16)26-20/h1-11H,12-14H2,(H,23,24). The van der Waals surface area contributed by atoms with Gasteiger partial charge in [-0.15, -0.1) is 0 Å². The molecule has 1 heterocycles. The van der Waals surface area contributed by atoms with Gasteiger partial charge in [0, 0.05) is 18.4 Å². The molecule has 4 rings (SSSR count). The minimum atomic E-state index is -0.931. The fraction of sp³-hybridized carbons (Fsp3) is 0.136. The van der Waals surface area contributed by atoms with Gasteiger partial charge in [-0.3, -0.25) is 0 Å². The second kappa shape index (κ2) is 6.92. The molecule has 1 aliphatic heterocycles. The predicted octanol–water partition coefficient (Wildman–Crippen LogP) is 4.70. The quantitative estimate of drug-likeness (QED) is 0.569. The highest BCUT2D eigenvalue weighted by molar-refractivity contribution is 5.92. The molecule has 0 bridgehead atoms. The number of hydrogen-bond donors (Lipinski definition) is 1. The van der Waals surface area contributed by atoms with Crippen LogP contribution in [-0.4, -0.2) is 17.7 Å². The number of carboxylic acids is 1. The molecule has 1 N–H and O–H groups in total. The van der Waals surface area contributed by atoms with Crippen molar-refractivity contribution in [2.24, 2.45) is 0 Å². The minimum Gasteiger partial charge on any atom is -0.493 e. The molecule has 0 radical (unpaired) electrons. The van der Waals surface area contributed by atoms with Gasteiger partial charge in [0.05, 0.1) is 12.2 Å². The van der Waals surface area contributed by atoms with Crippen molar-refractivity contribution in [3.8, 4) is 17.2 Å². The molecule has 0 saturated carbocycles. The van der Waals surface area contributed by atoms with Crippen LogP contribution in [0.1, 0.15) is 27.0 Å². The van der Waals surface area contributed by atoms with Gasteiger partial charge in [-0.1, -0.05) is 42.5 Å².